The van der Waals surface area contributed by atoms with Crippen molar-refractivity contribution in [1.82, 2.24) is 0 Å². The van der Waals surface area contributed by atoms with Crippen molar-refractivity contribution in [3.05, 3.63) is 34.3 Å². The van der Waals surface area contributed by atoms with Gasteiger partial charge >= 0.3 is 5.97 Å². The molecular weight excluding hydrogens is 260 g/mol. The highest BCUT2D eigenvalue weighted by atomic mass is 79.9. The normalized spacial score (nSPS) is 29.6. The average molecular weight is 271 g/mol. The topological polar surface area (TPSA) is 57.5 Å². The molecule has 0 bridgehead atoms. The van der Waals surface area contributed by atoms with Crippen LogP contribution < -0.4 is 0 Å². The van der Waals surface area contributed by atoms with Crippen molar-refractivity contribution in [2.24, 2.45) is 0 Å². The van der Waals surface area contributed by atoms with Crippen molar-refractivity contribution in [2.75, 3.05) is 0 Å². The Hall–Kier alpha value is -0.870. The Morgan fingerprint density at radius 1 is 1.40 bits per heavy atom. The summed E-state index contributed by atoms with van der Waals surface area (Å²) in [5.74, 6) is -0.861. The standard InChI is InChI=1S/C11H11BrO3/c12-9-4-2-1-3-8(9)11(10(14)15)5-7(13)6-11/h1-4,7,13H,5-6H2,(H,14,15). The van der Waals surface area contributed by atoms with E-state index in [2.05, 4.69) is 15.9 Å². The predicted molar refractivity (Wildman–Crippen MR) is 58.7 cm³/mol. The number of hydrogen-bond acceptors (Lipinski definition) is 2. The van der Waals surface area contributed by atoms with Gasteiger partial charge in [-0.05, 0) is 24.5 Å². The molecule has 0 aromatic heterocycles. The van der Waals surface area contributed by atoms with E-state index in [0.717, 1.165) is 10.0 Å². The first-order valence-electron chi connectivity index (χ1n) is 4.73. The largest absolute Gasteiger partial charge is 0.481 e. The van der Waals surface area contributed by atoms with E-state index in [1.165, 1.54) is 0 Å². The second-order valence-corrected chi connectivity index (χ2v) is 4.78. The lowest BCUT2D eigenvalue weighted by Gasteiger charge is -2.42. The van der Waals surface area contributed by atoms with Gasteiger partial charge in [0.25, 0.3) is 0 Å². The Balaban J connectivity index is 2.43. The maximum absolute atomic E-state index is 11.3. The maximum atomic E-state index is 11.3. The van der Waals surface area contributed by atoms with Crippen LogP contribution in [0.5, 0.6) is 0 Å². The molecule has 0 heterocycles. The summed E-state index contributed by atoms with van der Waals surface area (Å²) >= 11 is 3.35. The zero-order chi connectivity index (χ0) is 11.1. The molecule has 1 aromatic rings. The minimum atomic E-state index is -0.903. The van der Waals surface area contributed by atoms with Gasteiger partial charge in [0.1, 0.15) is 0 Å². The number of benzene rings is 1. The summed E-state index contributed by atoms with van der Waals surface area (Å²) in [6.45, 7) is 0. The van der Waals surface area contributed by atoms with Crippen molar-refractivity contribution < 1.29 is 15.0 Å². The van der Waals surface area contributed by atoms with Crippen LogP contribution in [-0.2, 0) is 10.2 Å². The number of carboxylic acids is 1. The fourth-order valence-corrected chi connectivity index (χ4v) is 2.77. The van der Waals surface area contributed by atoms with Crippen LogP contribution in [0.4, 0.5) is 0 Å². The highest BCUT2D eigenvalue weighted by Crippen LogP contribution is 2.46. The molecule has 0 aliphatic heterocycles. The van der Waals surface area contributed by atoms with Crippen LogP contribution in [0.1, 0.15) is 18.4 Å². The molecule has 1 aliphatic rings. The van der Waals surface area contributed by atoms with Gasteiger partial charge in [-0.3, -0.25) is 4.79 Å². The molecule has 15 heavy (non-hydrogen) atoms. The van der Waals surface area contributed by atoms with Gasteiger partial charge in [0, 0.05) is 4.47 Å². The second kappa shape index (κ2) is 3.61. The highest BCUT2D eigenvalue weighted by molar-refractivity contribution is 9.10. The molecule has 1 saturated carbocycles. The highest BCUT2D eigenvalue weighted by Gasteiger charge is 2.52. The first-order chi connectivity index (χ1) is 7.06. The van der Waals surface area contributed by atoms with Crippen molar-refractivity contribution in [3.8, 4) is 0 Å². The lowest BCUT2D eigenvalue weighted by Crippen LogP contribution is -2.50. The lowest BCUT2D eigenvalue weighted by molar-refractivity contribution is -0.153. The van der Waals surface area contributed by atoms with Crippen molar-refractivity contribution in [3.63, 3.8) is 0 Å². The van der Waals surface area contributed by atoms with Crippen molar-refractivity contribution in [2.45, 2.75) is 24.4 Å². The molecule has 4 heteroatoms. The van der Waals surface area contributed by atoms with Crippen LogP contribution in [0.15, 0.2) is 28.7 Å². The summed E-state index contributed by atoms with van der Waals surface area (Å²) < 4.78 is 0.791. The number of aliphatic hydroxyl groups excluding tert-OH is 1. The van der Waals surface area contributed by atoms with Gasteiger partial charge in [-0.2, -0.15) is 0 Å². The number of rotatable bonds is 2. The third-order valence-corrected chi connectivity index (χ3v) is 3.66. The lowest BCUT2D eigenvalue weighted by atomic mass is 9.63. The number of carboxylic acid groups (broad SMARTS) is 1. The van der Waals surface area contributed by atoms with Gasteiger partial charge in [0.15, 0.2) is 0 Å². The van der Waals surface area contributed by atoms with Crippen LogP contribution in [-0.4, -0.2) is 22.3 Å². The average Bonchev–Trinajstić information content (AvgIpc) is 2.13. The van der Waals surface area contributed by atoms with Gasteiger partial charge in [-0.25, -0.2) is 0 Å². The summed E-state index contributed by atoms with van der Waals surface area (Å²) in [6.07, 6.45) is 0.101. The summed E-state index contributed by atoms with van der Waals surface area (Å²) in [5, 5.41) is 18.6. The molecule has 0 saturated heterocycles. The molecule has 0 radical (unpaired) electrons. The van der Waals surface area contributed by atoms with Crippen LogP contribution in [0.3, 0.4) is 0 Å². The summed E-state index contributed by atoms with van der Waals surface area (Å²) in [7, 11) is 0. The van der Waals surface area contributed by atoms with Crippen molar-refractivity contribution >= 4 is 21.9 Å². The molecule has 2 N–H and O–H groups in total. The molecule has 0 amide bonds. The van der Waals surface area contributed by atoms with E-state index in [1.807, 2.05) is 18.2 Å². The van der Waals surface area contributed by atoms with E-state index in [0.29, 0.717) is 12.8 Å². The summed E-state index contributed by atoms with van der Waals surface area (Å²) in [4.78, 5) is 11.3. The minimum Gasteiger partial charge on any atom is -0.481 e. The number of aliphatic carboxylic acids is 1. The molecule has 1 aromatic carbocycles. The SMILES string of the molecule is O=C(O)C1(c2ccccc2Br)CC(O)C1. The van der Waals surface area contributed by atoms with E-state index in [9.17, 15) is 15.0 Å². The van der Waals surface area contributed by atoms with Gasteiger partial charge in [0.2, 0.25) is 0 Å². The van der Waals surface area contributed by atoms with Crippen LogP contribution in [0, 0.1) is 0 Å². The molecule has 2 rings (SSSR count). The van der Waals surface area contributed by atoms with E-state index in [4.69, 9.17) is 0 Å². The maximum Gasteiger partial charge on any atom is 0.314 e. The first-order valence-corrected chi connectivity index (χ1v) is 5.52. The summed E-state index contributed by atoms with van der Waals surface area (Å²) in [5.41, 5.74) is -0.151. The molecule has 3 nitrogen and oxygen atoms in total. The molecule has 1 aliphatic carbocycles. The molecule has 0 unspecified atom stereocenters. The minimum absolute atomic E-state index is 0.297. The van der Waals surface area contributed by atoms with Gasteiger partial charge in [-0.15, -0.1) is 0 Å². The third kappa shape index (κ3) is 1.58. The Bertz CT molecular complexity index is 397. The Morgan fingerprint density at radius 3 is 2.47 bits per heavy atom. The molecule has 0 spiro atoms. The first kappa shape index (κ1) is 10.6. The van der Waals surface area contributed by atoms with Crippen LogP contribution in [0.25, 0.3) is 0 Å². The molecule has 1 fully saturated rings. The van der Waals surface area contributed by atoms with Crippen LogP contribution in [0.2, 0.25) is 0 Å². The number of carbonyl (C=O) groups is 1. The van der Waals surface area contributed by atoms with E-state index in [1.54, 1.807) is 6.07 Å². The fourth-order valence-electron chi connectivity index (χ4n) is 2.10. The van der Waals surface area contributed by atoms with E-state index >= 15 is 0 Å². The monoisotopic (exact) mass is 270 g/mol. The second-order valence-electron chi connectivity index (χ2n) is 3.93. The fraction of sp³-hybridized carbons (Fsp3) is 0.364. The smallest absolute Gasteiger partial charge is 0.314 e. The van der Waals surface area contributed by atoms with E-state index < -0.39 is 17.5 Å². The van der Waals surface area contributed by atoms with Crippen LogP contribution >= 0.6 is 15.9 Å². The van der Waals surface area contributed by atoms with Gasteiger partial charge < -0.3 is 10.2 Å². The Labute approximate surface area is 95.9 Å². The number of halogens is 1. The molecule has 80 valence electrons. The number of aliphatic hydroxyl groups is 1. The zero-order valence-electron chi connectivity index (χ0n) is 7.98. The molecular formula is C11H11BrO3. The summed E-state index contributed by atoms with van der Waals surface area (Å²) in [6, 6.07) is 7.28. The Kier molecular flexibility index (Phi) is 2.56. The van der Waals surface area contributed by atoms with Gasteiger partial charge in [-0.1, -0.05) is 34.1 Å². The van der Waals surface area contributed by atoms with E-state index in [-0.39, 0.29) is 0 Å². The third-order valence-electron chi connectivity index (χ3n) is 2.97. The molecule has 0 atom stereocenters. The quantitative estimate of drug-likeness (QED) is 0.864. The Morgan fingerprint density at radius 2 is 2.00 bits per heavy atom. The van der Waals surface area contributed by atoms with Gasteiger partial charge in [0.05, 0.1) is 11.5 Å². The number of hydrogen-bond donors (Lipinski definition) is 2. The predicted octanol–water partition coefficient (Wildman–Crippen LogP) is 1.93. The van der Waals surface area contributed by atoms with Crippen molar-refractivity contribution in [1.29, 1.82) is 0 Å². The zero-order valence-corrected chi connectivity index (χ0v) is 9.57.